The number of ketones is 2. The van der Waals surface area contributed by atoms with Gasteiger partial charge in [0.15, 0.2) is 59.0 Å². The molecule has 0 aromatic heterocycles. The quantitative estimate of drug-likeness (QED) is 0.0708. The predicted octanol–water partition coefficient (Wildman–Crippen LogP) is 2.88. The lowest BCUT2D eigenvalue weighted by Gasteiger charge is -2.44. The lowest BCUT2D eigenvalue weighted by molar-refractivity contribution is -0.288. The van der Waals surface area contributed by atoms with Crippen molar-refractivity contribution in [2.75, 3.05) is 27.4 Å². The summed E-state index contributed by atoms with van der Waals surface area (Å²) in [5.41, 5.74) is 0.834. The average Bonchev–Trinajstić information content (AvgIpc) is 3.29. The Morgan fingerprint density at radius 1 is 0.425 bits per heavy atom. The first-order valence-corrected chi connectivity index (χ1v) is 22.2. The van der Waals surface area contributed by atoms with Gasteiger partial charge in [0.2, 0.25) is 24.8 Å². The second kappa shape index (κ2) is 27.1. The number of esters is 8. The van der Waals surface area contributed by atoms with E-state index in [2.05, 4.69) is 0 Å². The van der Waals surface area contributed by atoms with Crippen LogP contribution in [0.4, 0.5) is 0 Å². The van der Waals surface area contributed by atoms with Crippen LogP contribution in [-0.2, 0) is 95.3 Å². The Balaban J connectivity index is 1.49. The minimum atomic E-state index is -1.55. The molecule has 24 heteroatoms. The summed E-state index contributed by atoms with van der Waals surface area (Å²) < 4.78 is 78.0. The Morgan fingerprint density at radius 3 is 1.04 bits per heavy atom. The van der Waals surface area contributed by atoms with Crippen molar-refractivity contribution >= 4 is 71.5 Å². The highest BCUT2D eigenvalue weighted by atomic mass is 16.8. The molecule has 2 fully saturated rings. The van der Waals surface area contributed by atoms with Crippen molar-refractivity contribution in [2.24, 2.45) is 0 Å². The van der Waals surface area contributed by atoms with Crippen molar-refractivity contribution < 1.29 is 114 Å². The largest absolute Gasteiger partial charge is 0.493 e. The van der Waals surface area contributed by atoms with Gasteiger partial charge >= 0.3 is 47.8 Å². The van der Waals surface area contributed by atoms with E-state index >= 15 is 0 Å². The molecule has 0 N–H and O–H groups in total. The Hall–Kier alpha value is -7.86. The molecule has 10 atom stereocenters. The highest BCUT2D eigenvalue weighted by Crippen LogP contribution is 2.37. The van der Waals surface area contributed by atoms with Crippen LogP contribution < -0.4 is 18.9 Å². The third kappa shape index (κ3) is 17.7. The molecule has 4 rings (SSSR count). The molecule has 24 nitrogen and oxygen atoms in total. The van der Waals surface area contributed by atoms with Crippen LogP contribution in [0.25, 0.3) is 12.2 Å². The standard InChI is InChI=1S/C49H56O24/c1-24(50)62-22-40-42(64-26(3)52)44(66-28(5)54)46(68-30(7)56)48(72-40)70-36-17-13-32(19-38(36)60-9)11-15-34(58)21-35(59)16-12-33-14-18-37(39(20-33)61-10)71-49-47(69-31(8)57)45(67-29(6)55)43(65-27(4)53)41(73-49)23-63-25(2)51/h11-20,40-49H,21-23H2,1-10H3/b15-11+,16-12+/t40-,41-,42+,43+,44+,45+,46-,47-,48-,49-/m1/s1. The van der Waals surface area contributed by atoms with Gasteiger partial charge < -0.3 is 66.3 Å². The molecule has 2 aromatic carbocycles. The molecule has 396 valence electrons. The molecule has 0 amide bonds. The summed E-state index contributed by atoms with van der Waals surface area (Å²) in [7, 11) is 2.63. The summed E-state index contributed by atoms with van der Waals surface area (Å²) in [6, 6.07) is 8.85. The summed E-state index contributed by atoms with van der Waals surface area (Å²) >= 11 is 0. The number of benzene rings is 2. The number of hydrogen-bond donors (Lipinski definition) is 0. The van der Waals surface area contributed by atoms with Crippen LogP contribution in [-0.4, -0.2) is 148 Å². The molecule has 0 saturated carbocycles. The van der Waals surface area contributed by atoms with E-state index in [-0.39, 0.29) is 23.0 Å². The maximum Gasteiger partial charge on any atom is 0.303 e. The monoisotopic (exact) mass is 1030 g/mol. The number of carbonyl (C=O) groups excluding carboxylic acids is 10. The zero-order valence-corrected chi connectivity index (χ0v) is 41.5. The zero-order valence-electron chi connectivity index (χ0n) is 41.5. The summed E-state index contributed by atoms with van der Waals surface area (Å²) in [6.07, 6.45) is -9.82. The molecule has 0 aliphatic carbocycles. The molecule has 0 radical (unpaired) electrons. The van der Waals surface area contributed by atoms with E-state index in [9.17, 15) is 47.9 Å². The zero-order chi connectivity index (χ0) is 54.1. The van der Waals surface area contributed by atoms with E-state index in [0.29, 0.717) is 11.1 Å². The fourth-order valence-corrected chi connectivity index (χ4v) is 7.26. The van der Waals surface area contributed by atoms with Gasteiger partial charge in [-0.15, -0.1) is 0 Å². The van der Waals surface area contributed by atoms with Crippen LogP contribution in [0.15, 0.2) is 48.6 Å². The van der Waals surface area contributed by atoms with Crippen LogP contribution in [0.2, 0.25) is 0 Å². The number of ether oxygens (including phenoxy) is 14. The van der Waals surface area contributed by atoms with E-state index in [1.54, 1.807) is 0 Å². The van der Waals surface area contributed by atoms with Crippen molar-refractivity contribution in [1.82, 2.24) is 0 Å². The molecule has 0 spiro atoms. The lowest BCUT2D eigenvalue weighted by atomic mass is 9.98. The van der Waals surface area contributed by atoms with Gasteiger partial charge in [0.1, 0.15) is 25.4 Å². The number of rotatable bonds is 22. The van der Waals surface area contributed by atoms with Gasteiger partial charge in [0.25, 0.3) is 0 Å². The maximum atomic E-state index is 12.9. The second-order valence-electron chi connectivity index (χ2n) is 16.0. The first-order chi connectivity index (χ1) is 34.5. The van der Waals surface area contributed by atoms with E-state index in [4.69, 9.17) is 66.3 Å². The molecule has 2 aliphatic rings. The maximum absolute atomic E-state index is 12.9. The van der Waals surface area contributed by atoms with Crippen molar-refractivity contribution in [3.63, 3.8) is 0 Å². The van der Waals surface area contributed by atoms with E-state index in [0.717, 1.165) is 55.4 Å². The SMILES string of the molecule is COc1cc(/C=C/C(=O)CC(=O)/C=C/c2ccc(O[C@@H]3O[C@H](COC(C)=O)[C@H](OC(C)=O)[C@H](OC(C)=O)[C@H]3OC(C)=O)c(OC)c2)ccc1O[C@@H]1O[C@H](COC(C)=O)[C@H](OC(C)=O)[C@H](OC(C)=O)[C@H]1OC(C)=O. The summed E-state index contributed by atoms with van der Waals surface area (Å²) in [5.74, 6) is -7.27. The molecular formula is C49H56O24. The van der Waals surface area contributed by atoms with Crippen molar-refractivity contribution in [3.8, 4) is 23.0 Å². The first-order valence-electron chi connectivity index (χ1n) is 22.2. The number of hydrogen-bond acceptors (Lipinski definition) is 24. The smallest absolute Gasteiger partial charge is 0.303 e. The molecule has 0 bridgehead atoms. The number of allylic oxidation sites excluding steroid dienone is 2. The molecule has 2 saturated heterocycles. The highest BCUT2D eigenvalue weighted by molar-refractivity contribution is 6.11. The van der Waals surface area contributed by atoms with Crippen LogP contribution in [0.5, 0.6) is 23.0 Å². The predicted molar refractivity (Wildman–Crippen MR) is 244 cm³/mol. The van der Waals surface area contributed by atoms with Gasteiger partial charge in [-0.25, -0.2) is 0 Å². The van der Waals surface area contributed by atoms with Crippen LogP contribution >= 0.6 is 0 Å². The van der Waals surface area contributed by atoms with E-state index in [1.165, 1.54) is 74.9 Å². The minimum Gasteiger partial charge on any atom is -0.493 e. The van der Waals surface area contributed by atoms with Gasteiger partial charge in [-0.05, 0) is 47.5 Å². The van der Waals surface area contributed by atoms with Gasteiger partial charge in [-0.1, -0.05) is 24.3 Å². The van der Waals surface area contributed by atoms with E-state index < -0.39 is 140 Å². The molecular weight excluding hydrogens is 973 g/mol. The average molecular weight is 1030 g/mol. The van der Waals surface area contributed by atoms with E-state index in [1.807, 2.05) is 0 Å². The Morgan fingerprint density at radius 2 is 0.740 bits per heavy atom. The Labute approximate surface area is 418 Å². The molecule has 2 aromatic rings. The van der Waals surface area contributed by atoms with Crippen molar-refractivity contribution in [2.45, 2.75) is 123 Å². The fraction of sp³-hybridized carbons (Fsp3) is 0.469. The van der Waals surface area contributed by atoms with Crippen molar-refractivity contribution in [3.05, 3.63) is 59.7 Å². The molecule has 2 aliphatic heterocycles. The third-order valence-electron chi connectivity index (χ3n) is 10.0. The summed E-state index contributed by atoms with van der Waals surface area (Å²) in [4.78, 5) is 122. The van der Waals surface area contributed by atoms with Gasteiger partial charge in [0, 0.05) is 55.4 Å². The minimum absolute atomic E-state index is 0.0177. The molecule has 73 heavy (non-hydrogen) atoms. The normalized spacial score (nSPS) is 23.4. The topological polar surface area (TPSA) is 300 Å². The Kier molecular flexibility index (Phi) is 21.4. The summed E-state index contributed by atoms with van der Waals surface area (Å²) in [6.45, 7) is 7.82. The van der Waals surface area contributed by atoms with Gasteiger partial charge in [-0.3, -0.25) is 47.9 Å². The van der Waals surface area contributed by atoms with Gasteiger partial charge in [-0.2, -0.15) is 0 Å². The highest BCUT2D eigenvalue weighted by Gasteiger charge is 2.55. The first kappa shape index (κ1) is 57.7. The number of carbonyl (C=O) groups is 10. The third-order valence-corrected chi connectivity index (χ3v) is 10.0. The molecule has 2 heterocycles. The summed E-state index contributed by atoms with van der Waals surface area (Å²) in [5, 5.41) is 0. The molecule has 0 unspecified atom stereocenters. The van der Waals surface area contributed by atoms with Crippen LogP contribution in [0.1, 0.15) is 72.9 Å². The van der Waals surface area contributed by atoms with Crippen molar-refractivity contribution in [1.29, 1.82) is 0 Å². The van der Waals surface area contributed by atoms with Crippen LogP contribution in [0, 0.1) is 0 Å². The second-order valence-corrected chi connectivity index (χ2v) is 16.0. The van der Waals surface area contributed by atoms with Crippen LogP contribution in [0.3, 0.4) is 0 Å². The number of methoxy groups -OCH3 is 2. The van der Waals surface area contributed by atoms with Gasteiger partial charge in [0.05, 0.1) is 20.6 Å². The Bertz CT molecular complexity index is 2270. The fourth-order valence-electron chi connectivity index (χ4n) is 7.26. The lowest BCUT2D eigenvalue weighted by Crippen LogP contribution is -2.63.